The van der Waals surface area contributed by atoms with E-state index in [1.807, 2.05) is 6.07 Å². The van der Waals surface area contributed by atoms with Gasteiger partial charge >= 0.3 is 6.09 Å². The lowest BCUT2D eigenvalue weighted by atomic mass is 9.52. The lowest BCUT2D eigenvalue weighted by molar-refractivity contribution is -0.138. The highest BCUT2D eigenvalue weighted by Gasteiger charge is 2.65. The van der Waals surface area contributed by atoms with Crippen LogP contribution in [0.2, 0.25) is 0 Å². The number of hydrogen-bond acceptors (Lipinski definition) is 8. The smallest absolute Gasteiger partial charge is 0.415 e. The van der Waals surface area contributed by atoms with Crippen LogP contribution in [0.5, 0.6) is 11.5 Å². The second-order valence-corrected chi connectivity index (χ2v) is 11.8. The molecule has 5 rings (SSSR count). The van der Waals surface area contributed by atoms with Crippen LogP contribution in [-0.4, -0.2) is 78.7 Å². The van der Waals surface area contributed by atoms with Gasteiger partial charge in [-0.3, -0.25) is 15.0 Å². The molecule has 1 saturated heterocycles. The number of carbonyl (C=O) groups is 3. The van der Waals surface area contributed by atoms with E-state index in [-0.39, 0.29) is 29.2 Å². The Kier molecular flexibility index (Phi) is 7.70. The number of amidine groups is 1. The van der Waals surface area contributed by atoms with Gasteiger partial charge in [-0.25, -0.2) is 4.79 Å². The molecular weight excluding hydrogens is 498 g/mol. The van der Waals surface area contributed by atoms with Crippen molar-refractivity contribution in [3.05, 3.63) is 23.3 Å². The van der Waals surface area contributed by atoms with Gasteiger partial charge in [0.15, 0.2) is 23.4 Å². The number of nitrogens with zero attached hydrogens (tertiary/aromatic N) is 2. The highest BCUT2D eigenvalue weighted by molar-refractivity contribution is 5.89. The molecular formula is C29H41N5O5. The van der Waals surface area contributed by atoms with Gasteiger partial charge in [0.05, 0.1) is 11.9 Å². The SMILES string of the molecule is CN(CCCC(=O)[C@@H](N)CCCCC(=N)N)C(=O)Oc1ccc2c3c1O[C@H]1C(=O)CCC4[C@@H](C2)N(C)CC[C@@]341. The van der Waals surface area contributed by atoms with Gasteiger partial charge in [-0.05, 0) is 69.7 Å². The molecule has 1 aromatic rings. The van der Waals surface area contributed by atoms with Crippen molar-refractivity contribution in [1.82, 2.24) is 9.80 Å². The summed E-state index contributed by atoms with van der Waals surface area (Å²) in [6.07, 6.45) is 5.49. The topological polar surface area (TPSA) is 152 Å². The number of rotatable bonds is 11. The van der Waals surface area contributed by atoms with Gasteiger partial charge in [0.25, 0.3) is 0 Å². The molecule has 212 valence electrons. The molecule has 0 aromatic heterocycles. The Balaban J connectivity index is 1.21. The first kappa shape index (κ1) is 27.6. The number of piperidine rings is 1. The number of likely N-dealkylation sites (N-methyl/N-ethyl adjacent to an activating group) is 1. The number of amides is 1. The third-order valence-electron chi connectivity index (χ3n) is 9.42. The Bertz CT molecular complexity index is 1170. The van der Waals surface area contributed by atoms with Crippen LogP contribution in [0.4, 0.5) is 4.79 Å². The summed E-state index contributed by atoms with van der Waals surface area (Å²) >= 11 is 0. The number of ether oxygens (including phenoxy) is 2. The van der Waals surface area contributed by atoms with Gasteiger partial charge in [-0.15, -0.1) is 0 Å². The normalized spacial score (nSPS) is 27.4. The predicted molar refractivity (Wildman–Crippen MR) is 146 cm³/mol. The van der Waals surface area contributed by atoms with E-state index >= 15 is 0 Å². The van der Waals surface area contributed by atoms with E-state index in [1.165, 1.54) is 10.5 Å². The van der Waals surface area contributed by atoms with Gasteiger partial charge < -0.3 is 30.7 Å². The molecule has 1 amide bonds. The van der Waals surface area contributed by atoms with Crippen molar-refractivity contribution in [3.63, 3.8) is 0 Å². The zero-order valence-electron chi connectivity index (χ0n) is 23.0. The Hall–Kier alpha value is -2.98. The van der Waals surface area contributed by atoms with Crippen molar-refractivity contribution in [1.29, 1.82) is 5.41 Å². The lowest BCUT2D eigenvalue weighted by Gasteiger charge is -2.57. The second kappa shape index (κ2) is 10.9. The van der Waals surface area contributed by atoms with Crippen molar-refractivity contribution in [2.24, 2.45) is 17.4 Å². The summed E-state index contributed by atoms with van der Waals surface area (Å²) in [5, 5.41) is 7.25. The monoisotopic (exact) mass is 539 g/mol. The molecule has 5 N–H and O–H groups in total. The quantitative estimate of drug-likeness (QED) is 0.220. The summed E-state index contributed by atoms with van der Waals surface area (Å²) in [6.45, 7) is 1.27. The Labute approximate surface area is 229 Å². The molecule has 1 aromatic carbocycles. The lowest BCUT2D eigenvalue weighted by Crippen LogP contribution is -2.65. The molecule has 4 aliphatic rings. The average Bonchev–Trinajstić information content (AvgIpc) is 3.26. The van der Waals surface area contributed by atoms with Crippen molar-refractivity contribution >= 4 is 23.5 Å². The molecule has 2 bridgehead atoms. The van der Waals surface area contributed by atoms with Gasteiger partial charge in [-0.1, -0.05) is 12.5 Å². The summed E-state index contributed by atoms with van der Waals surface area (Å²) in [5.41, 5.74) is 13.3. The molecule has 0 radical (unpaired) electrons. The maximum atomic E-state index is 13.1. The molecule has 1 unspecified atom stereocenters. The van der Waals surface area contributed by atoms with E-state index in [4.69, 9.17) is 26.4 Å². The minimum atomic E-state index is -0.542. The van der Waals surface area contributed by atoms with Crippen molar-refractivity contribution in [2.75, 3.05) is 27.2 Å². The molecule has 2 fully saturated rings. The van der Waals surface area contributed by atoms with Crippen LogP contribution in [0, 0.1) is 11.3 Å². The zero-order valence-corrected chi connectivity index (χ0v) is 23.0. The molecule has 5 atom stereocenters. The van der Waals surface area contributed by atoms with Gasteiger partial charge in [0.1, 0.15) is 5.78 Å². The Morgan fingerprint density at radius 1 is 1.28 bits per heavy atom. The summed E-state index contributed by atoms with van der Waals surface area (Å²) in [5.74, 6) is 1.55. The standard InChI is InChI=1S/C29H41N5O5/c1-33-15-13-29-18-10-11-22(36)27(29)39-26-23(12-9-17(25(26)29)16-20(18)33)38-28(37)34(2)14-5-7-21(35)19(30)6-3-4-8-24(31)32/h9,12,18-20,27H,3-8,10-11,13-16,30H2,1-2H3,(H3,31,32)/t18?,19-,20+,27-,29-/m0/s1. The van der Waals surface area contributed by atoms with Crippen LogP contribution >= 0.6 is 0 Å². The third kappa shape index (κ3) is 4.93. The fourth-order valence-electron chi connectivity index (χ4n) is 7.37. The van der Waals surface area contributed by atoms with E-state index in [2.05, 4.69) is 11.9 Å². The number of hydrogen-bond donors (Lipinski definition) is 3. The summed E-state index contributed by atoms with van der Waals surface area (Å²) in [7, 11) is 3.82. The van der Waals surface area contributed by atoms with Gasteiger partial charge in [0, 0.05) is 49.9 Å². The molecule has 2 heterocycles. The van der Waals surface area contributed by atoms with Crippen LogP contribution in [0.25, 0.3) is 0 Å². The third-order valence-corrected chi connectivity index (χ3v) is 9.42. The number of benzene rings is 1. The molecule has 10 heteroatoms. The number of likely N-dealkylation sites (tertiary alicyclic amines) is 1. The van der Waals surface area contributed by atoms with Crippen LogP contribution < -0.4 is 20.9 Å². The second-order valence-electron chi connectivity index (χ2n) is 11.8. The molecule has 2 aliphatic carbocycles. The molecule has 1 saturated carbocycles. The summed E-state index contributed by atoms with van der Waals surface area (Å²) in [4.78, 5) is 42.3. The van der Waals surface area contributed by atoms with Crippen molar-refractivity contribution in [3.8, 4) is 11.5 Å². The van der Waals surface area contributed by atoms with E-state index in [1.54, 1.807) is 13.1 Å². The van der Waals surface area contributed by atoms with Crippen molar-refractivity contribution in [2.45, 2.75) is 87.8 Å². The average molecular weight is 540 g/mol. The number of nitrogens with one attached hydrogen (secondary N) is 1. The number of Topliss-reactive ketones (excluding diaryl/α,β-unsaturated/α-hetero) is 2. The van der Waals surface area contributed by atoms with Crippen LogP contribution in [0.3, 0.4) is 0 Å². The summed E-state index contributed by atoms with van der Waals surface area (Å²) in [6, 6.07) is 3.68. The van der Waals surface area contributed by atoms with Crippen LogP contribution in [0.1, 0.15) is 68.9 Å². The number of ketones is 2. The molecule has 39 heavy (non-hydrogen) atoms. The number of nitrogens with two attached hydrogens (primary N) is 2. The van der Waals surface area contributed by atoms with E-state index in [9.17, 15) is 14.4 Å². The minimum Gasteiger partial charge on any atom is -0.477 e. The molecule has 2 aliphatic heterocycles. The predicted octanol–water partition coefficient (Wildman–Crippen LogP) is 2.53. The van der Waals surface area contributed by atoms with Crippen LogP contribution in [0.15, 0.2) is 12.1 Å². The summed E-state index contributed by atoms with van der Waals surface area (Å²) < 4.78 is 12.2. The highest BCUT2D eigenvalue weighted by atomic mass is 16.6. The maximum Gasteiger partial charge on any atom is 0.415 e. The molecule has 10 nitrogen and oxygen atoms in total. The highest BCUT2D eigenvalue weighted by Crippen LogP contribution is 2.63. The van der Waals surface area contributed by atoms with Gasteiger partial charge in [-0.2, -0.15) is 0 Å². The number of carbonyl (C=O) groups excluding carboxylic acids is 3. The first-order valence-corrected chi connectivity index (χ1v) is 14.2. The van der Waals surface area contributed by atoms with Crippen LogP contribution in [-0.2, 0) is 21.4 Å². The Morgan fingerprint density at radius 3 is 2.85 bits per heavy atom. The van der Waals surface area contributed by atoms with Crippen molar-refractivity contribution < 1.29 is 23.9 Å². The first-order valence-electron chi connectivity index (χ1n) is 14.2. The minimum absolute atomic E-state index is 0.0339. The van der Waals surface area contributed by atoms with E-state index in [0.29, 0.717) is 55.7 Å². The van der Waals surface area contributed by atoms with E-state index < -0.39 is 18.2 Å². The van der Waals surface area contributed by atoms with E-state index in [0.717, 1.165) is 44.2 Å². The Morgan fingerprint density at radius 2 is 2.08 bits per heavy atom. The largest absolute Gasteiger partial charge is 0.477 e. The molecule has 1 spiro atoms. The zero-order chi connectivity index (χ0) is 27.9. The fraction of sp³-hybridized carbons (Fsp3) is 0.655. The first-order chi connectivity index (χ1) is 18.6. The number of unbranched alkanes of at least 4 members (excludes halogenated alkanes) is 1. The maximum absolute atomic E-state index is 13.1. The fourth-order valence-corrected chi connectivity index (χ4v) is 7.37. The van der Waals surface area contributed by atoms with Gasteiger partial charge in [0.2, 0.25) is 0 Å².